The third kappa shape index (κ3) is 5.36. The number of ether oxygens (including phenoxy) is 1. The predicted molar refractivity (Wildman–Crippen MR) is 102 cm³/mol. The zero-order valence-corrected chi connectivity index (χ0v) is 15.6. The van der Waals surface area contributed by atoms with Crippen molar-refractivity contribution in [1.29, 1.82) is 0 Å². The average Bonchev–Trinajstić information content (AvgIpc) is 3.20. The van der Waals surface area contributed by atoms with Crippen molar-refractivity contribution in [1.82, 2.24) is 5.32 Å². The standard InChI is InChI=1S/C21H26N2O4/c1-15-7-2-4-10-18(15)23-20(24)14-27-21(25)17-9-3-5-11-19(17)22-13-16-8-6-12-26-16/h3,5-6,8-9,11-12,15,18,22H,2,4,7,10,13-14H2,1H3,(H,23,24)/t15-,18-/m0/s1. The number of carbonyl (C=O) groups excluding carboxylic acids is 2. The van der Waals surface area contributed by atoms with Crippen LogP contribution in [0, 0.1) is 5.92 Å². The number of furan rings is 1. The Bertz CT molecular complexity index is 757. The van der Waals surface area contributed by atoms with Crippen LogP contribution in [0.25, 0.3) is 0 Å². The third-order valence-electron chi connectivity index (χ3n) is 4.97. The highest BCUT2D eigenvalue weighted by Gasteiger charge is 2.23. The molecule has 1 aliphatic rings. The van der Waals surface area contributed by atoms with E-state index < -0.39 is 5.97 Å². The molecular formula is C21H26N2O4. The van der Waals surface area contributed by atoms with E-state index in [0.717, 1.165) is 25.0 Å². The Morgan fingerprint density at radius 1 is 1.15 bits per heavy atom. The molecule has 6 nitrogen and oxygen atoms in total. The summed E-state index contributed by atoms with van der Waals surface area (Å²) in [5, 5.41) is 6.15. The average molecular weight is 370 g/mol. The Hall–Kier alpha value is -2.76. The quantitative estimate of drug-likeness (QED) is 0.726. The van der Waals surface area contributed by atoms with Gasteiger partial charge in [-0.3, -0.25) is 4.79 Å². The molecule has 1 amide bonds. The Morgan fingerprint density at radius 3 is 2.74 bits per heavy atom. The minimum absolute atomic E-state index is 0.173. The highest BCUT2D eigenvalue weighted by atomic mass is 16.5. The van der Waals surface area contributed by atoms with Crippen LogP contribution in [0.4, 0.5) is 5.69 Å². The van der Waals surface area contributed by atoms with Gasteiger partial charge in [-0.2, -0.15) is 0 Å². The summed E-state index contributed by atoms with van der Waals surface area (Å²) in [6.45, 7) is 2.34. The van der Waals surface area contributed by atoms with E-state index in [4.69, 9.17) is 9.15 Å². The summed E-state index contributed by atoms with van der Waals surface area (Å²) < 4.78 is 10.5. The molecule has 6 heteroatoms. The fourth-order valence-electron chi connectivity index (χ4n) is 3.40. The molecule has 1 saturated carbocycles. The Labute approximate surface area is 159 Å². The maximum Gasteiger partial charge on any atom is 0.340 e. The van der Waals surface area contributed by atoms with Gasteiger partial charge < -0.3 is 19.8 Å². The Morgan fingerprint density at radius 2 is 1.96 bits per heavy atom. The number of nitrogens with one attached hydrogen (secondary N) is 2. The lowest BCUT2D eigenvalue weighted by atomic mass is 9.86. The van der Waals surface area contributed by atoms with Crippen molar-refractivity contribution < 1.29 is 18.7 Å². The van der Waals surface area contributed by atoms with Crippen LogP contribution in [0.15, 0.2) is 47.1 Å². The maximum atomic E-state index is 12.4. The zero-order chi connectivity index (χ0) is 19.1. The molecule has 0 radical (unpaired) electrons. The summed E-state index contributed by atoms with van der Waals surface area (Å²) in [5.74, 6) is 0.455. The first-order valence-corrected chi connectivity index (χ1v) is 9.45. The van der Waals surface area contributed by atoms with Gasteiger partial charge in [0.25, 0.3) is 5.91 Å². The summed E-state index contributed by atoms with van der Waals surface area (Å²) in [7, 11) is 0. The van der Waals surface area contributed by atoms with E-state index in [9.17, 15) is 9.59 Å². The second-order valence-electron chi connectivity index (χ2n) is 6.99. The Kier molecular flexibility index (Phi) is 6.52. The molecule has 0 unspecified atom stereocenters. The number of hydrogen-bond acceptors (Lipinski definition) is 5. The van der Waals surface area contributed by atoms with Gasteiger partial charge in [-0.25, -0.2) is 4.79 Å². The van der Waals surface area contributed by atoms with Crippen molar-refractivity contribution in [3.63, 3.8) is 0 Å². The summed E-state index contributed by atoms with van der Waals surface area (Å²) in [6.07, 6.45) is 6.05. The van der Waals surface area contributed by atoms with E-state index >= 15 is 0 Å². The minimum atomic E-state index is -0.524. The van der Waals surface area contributed by atoms with Crippen molar-refractivity contribution in [3.05, 3.63) is 54.0 Å². The summed E-state index contributed by atoms with van der Waals surface area (Å²) in [4.78, 5) is 24.6. The molecule has 1 aromatic heterocycles. The van der Waals surface area contributed by atoms with Gasteiger partial charge in [-0.1, -0.05) is 31.9 Å². The second kappa shape index (κ2) is 9.26. The molecular weight excluding hydrogens is 344 g/mol. The van der Waals surface area contributed by atoms with Gasteiger partial charge in [0.1, 0.15) is 5.76 Å². The van der Waals surface area contributed by atoms with Gasteiger partial charge in [0, 0.05) is 11.7 Å². The van der Waals surface area contributed by atoms with Crippen molar-refractivity contribution in [2.24, 2.45) is 5.92 Å². The van der Waals surface area contributed by atoms with Crippen LogP contribution in [0.5, 0.6) is 0 Å². The first-order valence-electron chi connectivity index (χ1n) is 9.45. The maximum absolute atomic E-state index is 12.4. The van der Waals surface area contributed by atoms with Crippen molar-refractivity contribution in [2.75, 3.05) is 11.9 Å². The summed E-state index contributed by atoms with van der Waals surface area (Å²) >= 11 is 0. The van der Waals surface area contributed by atoms with Crippen LogP contribution in [-0.4, -0.2) is 24.5 Å². The molecule has 0 saturated heterocycles. The lowest BCUT2D eigenvalue weighted by molar-refractivity contribution is -0.125. The number of anilines is 1. The van der Waals surface area contributed by atoms with E-state index in [0.29, 0.717) is 23.7 Å². The molecule has 1 heterocycles. The molecule has 1 fully saturated rings. The number of benzene rings is 1. The van der Waals surface area contributed by atoms with E-state index in [-0.39, 0.29) is 18.6 Å². The molecule has 0 bridgehead atoms. The minimum Gasteiger partial charge on any atom is -0.467 e. The van der Waals surface area contributed by atoms with Crippen LogP contribution >= 0.6 is 0 Å². The number of esters is 1. The second-order valence-corrected chi connectivity index (χ2v) is 6.99. The van der Waals surface area contributed by atoms with Gasteiger partial charge >= 0.3 is 5.97 Å². The number of rotatable bonds is 7. The Balaban J connectivity index is 1.52. The number of hydrogen-bond donors (Lipinski definition) is 2. The van der Waals surface area contributed by atoms with E-state index in [1.807, 2.05) is 18.2 Å². The van der Waals surface area contributed by atoms with Gasteiger partial charge in [0.05, 0.1) is 18.4 Å². The van der Waals surface area contributed by atoms with Crippen molar-refractivity contribution >= 4 is 17.6 Å². The first kappa shape index (κ1) is 19.0. The van der Waals surface area contributed by atoms with Gasteiger partial charge in [-0.05, 0) is 43.0 Å². The van der Waals surface area contributed by atoms with Crippen LogP contribution < -0.4 is 10.6 Å². The van der Waals surface area contributed by atoms with Gasteiger partial charge in [-0.15, -0.1) is 0 Å². The molecule has 27 heavy (non-hydrogen) atoms. The van der Waals surface area contributed by atoms with Gasteiger partial charge in [0.15, 0.2) is 6.61 Å². The van der Waals surface area contributed by atoms with Crippen molar-refractivity contribution in [2.45, 2.75) is 45.2 Å². The van der Waals surface area contributed by atoms with Crippen molar-refractivity contribution in [3.8, 4) is 0 Å². The number of para-hydroxylation sites is 1. The number of carbonyl (C=O) groups is 2. The monoisotopic (exact) mass is 370 g/mol. The van der Waals surface area contributed by atoms with E-state index in [1.54, 1.807) is 24.5 Å². The van der Waals surface area contributed by atoms with E-state index in [2.05, 4.69) is 17.6 Å². The fraction of sp³-hybridized carbons (Fsp3) is 0.429. The highest BCUT2D eigenvalue weighted by Crippen LogP contribution is 2.23. The van der Waals surface area contributed by atoms with Crippen LogP contribution in [0.2, 0.25) is 0 Å². The predicted octanol–water partition coefficient (Wildman–Crippen LogP) is 3.74. The van der Waals surface area contributed by atoms with Gasteiger partial charge in [0.2, 0.25) is 0 Å². The smallest absolute Gasteiger partial charge is 0.340 e. The third-order valence-corrected chi connectivity index (χ3v) is 4.97. The van der Waals surface area contributed by atoms with Crippen LogP contribution in [-0.2, 0) is 16.1 Å². The van der Waals surface area contributed by atoms with Crippen LogP contribution in [0.3, 0.4) is 0 Å². The fourth-order valence-corrected chi connectivity index (χ4v) is 3.40. The summed E-state index contributed by atoms with van der Waals surface area (Å²) in [6, 6.07) is 10.9. The molecule has 0 aliphatic heterocycles. The largest absolute Gasteiger partial charge is 0.467 e. The molecule has 2 N–H and O–H groups in total. The highest BCUT2D eigenvalue weighted by molar-refractivity contribution is 5.96. The molecule has 2 aromatic rings. The first-order chi connectivity index (χ1) is 13.1. The molecule has 2 atom stereocenters. The topological polar surface area (TPSA) is 80.6 Å². The number of amides is 1. The lowest BCUT2D eigenvalue weighted by Crippen LogP contribution is -2.42. The molecule has 0 spiro atoms. The SMILES string of the molecule is C[C@H]1CCCC[C@@H]1NC(=O)COC(=O)c1ccccc1NCc1ccco1. The normalized spacial score (nSPS) is 19.3. The summed E-state index contributed by atoms with van der Waals surface area (Å²) in [5.41, 5.74) is 1.03. The molecule has 3 rings (SSSR count). The molecule has 1 aliphatic carbocycles. The van der Waals surface area contributed by atoms with E-state index in [1.165, 1.54) is 6.42 Å². The van der Waals surface area contributed by atoms with Crippen LogP contribution in [0.1, 0.15) is 48.7 Å². The zero-order valence-electron chi connectivity index (χ0n) is 15.6. The lowest BCUT2D eigenvalue weighted by Gasteiger charge is -2.29. The molecule has 144 valence electrons. The molecule has 1 aromatic carbocycles.